The molecule has 0 unspecified atom stereocenters. The van der Waals surface area contributed by atoms with E-state index < -0.39 is 18.5 Å². The Kier molecular flexibility index (Phi) is 5.64. The zero-order chi connectivity index (χ0) is 17.0. The van der Waals surface area contributed by atoms with Crippen molar-refractivity contribution in [2.24, 2.45) is 0 Å². The predicted octanol–water partition coefficient (Wildman–Crippen LogP) is 4.41. The molecule has 6 heteroatoms. The molecule has 1 amide bonds. The van der Waals surface area contributed by atoms with Gasteiger partial charge in [0.05, 0.1) is 21.3 Å². The van der Waals surface area contributed by atoms with Crippen molar-refractivity contribution in [1.29, 1.82) is 0 Å². The van der Waals surface area contributed by atoms with Crippen LogP contribution in [0.2, 0.25) is 10.0 Å². The first-order chi connectivity index (χ1) is 10.9. The van der Waals surface area contributed by atoms with Crippen LogP contribution in [0.15, 0.2) is 36.4 Å². The zero-order valence-corrected chi connectivity index (χ0v) is 14.2. The van der Waals surface area contributed by atoms with Crippen LogP contribution in [0.25, 0.3) is 0 Å². The van der Waals surface area contributed by atoms with Gasteiger partial charge < -0.3 is 10.1 Å². The third-order valence-electron chi connectivity index (χ3n) is 3.17. The van der Waals surface area contributed by atoms with Crippen LogP contribution in [0.4, 0.5) is 5.69 Å². The van der Waals surface area contributed by atoms with Gasteiger partial charge in [-0.25, -0.2) is 4.79 Å². The Morgan fingerprint density at radius 3 is 2.39 bits per heavy atom. The van der Waals surface area contributed by atoms with Crippen LogP contribution in [-0.4, -0.2) is 18.5 Å². The summed E-state index contributed by atoms with van der Waals surface area (Å²) in [5, 5.41) is 3.15. The van der Waals surface area contributed by atoms with Crippen molar-refractivity contribution in [2.45, 2.75) is 13.8 Å². The van der Waals surface area contributed by atoms with Crippen LogP contribution in [0.3, 0.4) is 0 Å². The molecule has 0 spiro atoms. The van der Waals surface area contributed by atoms with Gasteiger partial charge in [-0.3, -0.25) is 4.79 Å². The van der Waals surface area contributed by atoms with Gasteiger partial charge >= 0.3 is 5.97 Å². The summed E-state index contributed by atoms with van der Waals surface area (Å²) in [6, 6.07) is 10.3. The first kappa shape index (κ1) is 17.3. The second-order valence-electron chi connectivity index (χ2n) is 5.04. The first-order valence-corrected chi connectivity index (χ1v) is 7.62. The number of para-hydroxylation sites is 1. The quantitative estimate of drug-likeness (QED) is 0.830. The molecule has 1 N–H and O–H groups in total. The molecule has 23 heavy (non-hydrogen) atoms. The van der Waals surface area contributed by atoms with Gasteiger partial charge in [-0.05, 0) is 37.6 Å². The van der Waals surface area contributed by atoms with Crippen molar-refractivity contribution >= 4 is 40.8 Å². The van der Waals surface area contributed by atoms with Crippen LogP contribution >= 0.6 is 23.2 Å². The Hall–Kier alpha value is -2.04. The van der Waals surface area contributed by atoms with E-state index in [-0.39, 0.29) is 0 Å². The molecule has 2 aromatic carbocycles. The van der Waals surface area contributed by atoms with Gasteiger partial charge in [0, 0.05) is 0 Å². The van der Waals surface area contributed by atoms with E-state index in [0.717, 1.165) is 11.1 Å². The van der Waals surface area contributed by atoms with E-state index in [4.69, 9.17) is 27.9 Å². The number of hydrogen-bond donors (Lipinski definition) is 1. The highest BCUT2D eigenvalue weighted by Gasteiger charge is 2.14. The lowest BCUT2D eigenvalue weighted by atomic mass is 10.1. The molecule has 0 saturated heterocycles. The Balaban J connectivity index is 1.99. The van der Waals surface area contributed by atoms with Gasteiger partial charge in [0.2, 0.25) is 0 Å². The number of esters is 1. The van der Waals surface area contributed by atoms with Crippen LogP contribution in [0, 0.1) is 13.8 Å². The molecule has 0 aromatic heterocycles. The summed E-state index contributed by atoms with van der Waals surface area (Å²) in [5.74, 6) is -1.06. The predicted molar refractivity (Wildman–Crippen MR) is 91.3 cm³/mol. The number of halogens is 2. The summed E-state index contributed by atoms with van der Waals surface area (Å²) in [4.78, 5) is 24.0. The maximum absolute atomic E-state index is 12.1. The van der Waals surface area contributed by atoms with Crippen molar-refractivity contribution < 1.29 is 14.3 Å². The average molecular weight is 352 g/mol. The normalized spacial score (nSPS) is 10.3. The SMILES string of the molecule is Cc1ccc(C)c(C(=O)OCC(=O)Nc2c(Cl)cccc2Cl)c1. The second kappa shape index (κ2) is 7.49. The topological polar surface area (TPSA) is 55.4 Å². The number of rotatable bonds is 4. The fourth-order valence-electron chi connectivity index (χ4n) is 1.96. The number of carbonyl (C=O) groups is 2. The number of nitrogens with one attached hydrogen (secondary N) is 1. The first-order valence-electron chi connectivity index (χ1n) is 6.86. The van der Waals surface area contributed by atoms with Crippen molar-refractivity contribution in [2.75, 3.05) is 11.9 Å². The molecule has 4 nitrogen and oxygen atoms in total. The fourth-order valence-corrected chi connectivity index (χ4v) is 2.45. The molecule has 0 fully saturated rings. The highest BCUT2D eigenvalue weighted by Crippen LogP contribution is 2.29. The van der Waals surface area contributed by atoms with Gasteiger partial charge in [-0.15, -0.1) is 0 Å². The minimum absolute atomic E-state index is 0.295. The van der Waals surface area contributed by atoms with Crippen molar-refractivity contribution in [3.05, 3.63) is 63.1 Å². The maximum atomic E-state index is 12.1. The number of benzene rings is 2. The van der Waals surface area contributed by atoms with Crippen LogP contribution < -0.4 is 5.32 Å². The highest BCUT2D eigenvalue weighted by atomic mass is 35.5. The summed E-state index contributed by atoms with van der Waals surface area (Å²) in [6.07, 6.45) is 0. The summed E-state index contributed by atoms with van der Waals surface area (Å²) in [7, 11) is 0. The largest absolute Gasteiger partial charge is 0.452 e. The van der Waals surface area contributed by atoms with Gasteiger partial charge in [-0.1, -0.05) is 47.0 Å². The molecule has 2 aromatic rings. The molecule has 0 aliphatic carbocycles. The van der Waals surface area contributed by atoms with Gasteiger partial charge in [0.15, 0.2) is 6.61 Å². The molecule has 0 aliphatic heterocycles. The number of anilines is 1. The van der Waals surface area contributed by atoms with E-state index in [1.54, 1.807) is 31.2 Å². The van der Waals surface area contributed by atoms with Crippen LogP contribution in [-0.2, 0) is 9.53 Å². The van der Waals surface area contributed by atoms with E-state index in [1.807, 2.05) is 19.1 Å². The minimum Gasteiger partial charge on any atom is -0.452 e. The van der Waals surface area contributed by atoms with Crippen molar-refractivity contribution in [1.82, 2.24) is 0 Å². The smallest absolute Gasteiger partial charge is 0.338 e. The standard InChI is InChI=1S/C17H15Cl2NO3/c1-10-6-7-11(2)12(8-10)17(22)23-9-15(21)20-16-13(18)4-3-5-14(16)19/h3-8H,9H2,1-2H3,(H,20,21). The molecular weight excluding hydrogens is 337 g/mol. The number of carbonyl (C=O) groups excluding carboxylic acids is 2. The lowest BCUT2D eigenvalue weighted by Gasteiger charge is -2.10. The lowest BCUT2D eigenvalue weighted by molar-refractivity contribution is -0.119. The fraction of sp³-hybridized carbons (Fsp3) is 0.176. The Morgan fingerprint density at radius 2 is 1.74 bits per heavy atom. The molecule has 0 radical (unpaired) electrons. The number of aryl methyl sites for hydroxylation is 2. The van der Waals surface area contributed by atoms with E-state index >= 15 is 0 Å². The van der Waals surface area contributed by atoms with E-state index in [1.165, 1.54) is 0 Å². The average Bonchev–Trinajstić information content (AvgIpc) is 2.51. The molecule has 0 aliphatic rings. The minimum atomic E-state index is -0.549. The Bertz CT molecular complexity index is 739. The van der Waals surface area contributed by atoms with E-state index in [0.29, 0.717) is 21.3 Å². The summed E-state index contributed by atoms with van der Waals surface area (Å²) >= 11 is 11.9. The summed E-state index contributed by atoms with van der Waals surface area (Å²) < 4.78 is 5.04. The molecule has 2 rings (SSSR count). The Labute approximate surface area is 144 Å². The van der Waals surface area contributed by atoms with Crippen LogP contribution in [0.5, 0.6) is 0 Å². The third-order valence-corrected chi connectivity index (χ3v) is 3.80. The number of ether oxygens (including phenoxy) is 1. The summed E-state index contributed by atoms with van der Waals surface area (Å²) in [5.41, 5.74) is 2.46. The molecule has 120 valence electrons. The van der Waals surface area contributed by atoms with Gasteiger partial charge in [0.25, 0.3) is 5.91 Å². The monoisotopic (exact) mass is 351 g/mol. The van der Waals surface area contributed by atoms with Gasteiger partial charge in [-0.2, -0.15) is 0 Å². The highest BCUT2D eigenvalue weighted by molar-refractivity contribution is 6.39. The Morgan fingerprint density at radius 1 is 1.09 bits per heavy atom. The number of amides is 1. The summed E-state index contributed by atoms with van der Waals surface area (Å²) in [6.45, 7) is 3.26. The van der Waals surface area contributed by atoms with Crippen molar-refractivity contribution in [3.63, 3.8) is 0 Å². The molecule has 0 heterocycles. The third kappa shape index (κ3) is 4.47. The van der Waals surface area contributed by atoms with Crippen molar-refractivity contribution in [3.8, 4) is 0 Å². The maximum Gasteiger partial charge on any atom is 0.338 e. The van der Waals surface area contributed by atoms with Gasteiger partial charge in [0.1, 0.15) is 0 Å². The molecule has 0 atom stereocenters. The van der Waals surface area contributed by atoms with E-state index in [2.05, 4.69) is 5.32 Å². The lowest BCUT2D eigenvalue weighted by Crippen LogP contribution is -2.21. The second-order valence-corrected chi connectivity index (χ2v) is 5.85. The van der Waals surface area contributed by atoms with Crippen LogP contribution in [0.1, 0.15) is 21.5 Å². The molecule has 0 bridgehead atoms. The van der Waals surface area contributed by atoms with E-state index in [9.17, 15) is 9.59 Å². The number of hydrogen-bond acceptors (Lipinski definition) is 3. The zero-order valence-electron chi connectivity index (χ0n) is 12.7. The molecular formula is C17H15Cl2NO3. The molecule has 0 saturated carbocycles.